The summed E-state index contributed by atoms with van der Waals surface area (Å²) in [6.07, 6.45) is 0. The van der Waals surface area contributed by atoms with Gasteiger partial charge < -0.3 is 4.90 Å². The minimum Gasteiger partial charge on any atom is -0.336 e. The molecular weight excluding hydrogens is 174 g/mol. The highest BCUT2D eigenvalue weighted by Gasteiger charge is 2.12. The molecule has 1 rings (SSSR count). The molecule has 1 aromatic carbocycles. The van der Waals surface area contributed by atoms with E-state index in [0.29, 0.717) is 6.54 Å². The first-order valence-corrected chi connectivity index (χ1v) is 4.92. The fourth-order valence-corrected chi connectivity index (χ4v) is 1.44. The van der Waals surface area contributed by atoms with E-state index in [-0.39, 0.29) is 11.9 Å². The zero-order chi connectivity index (χ0) is 10.6. The van der Waals surface area contributed by atoms with Gasteiger partial charge in [-0.2, -0.15) is 0 Å². The van der Waals surface area contributed by atoms with E-state index in [1.807, 2.05) is 49.1 Å². The van der Waals surface area contributed by atoms with Crippen LogP contribution in [0, 0.1) is 0 Å². The Hall–Kier alpha value is -1.31. The highest BCUT2D eigenvalue weighted by molar-refractivity contribution is 5.73. The van der Waals surface area contributed by atoms with Crippen molar-refractivity contribution in [3.05, 3.63) is 35.9 Å². The third kappa shape index (κ3) is 2.87. The number of benzene rings is 1. The van der Waals surface area contributed by atoms with Crippen LogP contribution in [0.2, 0.25) is 0 Å². The molecular formula is C12H17NO. The van der Waals surface area contributed by atoms with Crippen molar-refractivity contribution in [3.8, 4) is 0 Å². The van der Waals surface area contributed by atoms with Crippen LogP contribution in [0.3, 0.4) is 0 Å². The van der Waals surface area contributed by atoms with Crippen molar-refractivity contribution < 1.29 is 4.79 Å². The molecule has 0 saturated carbocycles. The first-order valence-electron chi connectivity index (χ1n) is 4.92. The van der Waals surface area contributed by atoms with Gasteiger partial charge in [0, 0.05) is 19.5 Å². The molecule has 0 aliphatic carbocycles. The molecule has 76 valence electrons. The summed E-state index contributed by atoms with van der Waals surface area (Å²) in [6, 6.07) is 10.3. The maximum Gasteiger partial charge on any atom is 0.219 e. The van der Waals surface area contributed by atoms with Gasteiger partial charge in [-0.3, -0.25) is 4.79 Å². The van der Waals surface area contributed by atoms with Gasteiger partial charge >= 0.3 is 0 Å². The second-order valence-corrected chi connectivity index (χ2v) is 3.73. The molecule has 0 spiro atoms. The summed E-state index contributed by atoms with van der Waals surface area (Å²) < 4.78 is 0. The van der Waals surface area contributed by atoms with Gasteiger partial charge in [0.05, 0.1) is 0 Å². The summed E-state index contributed by atoms with van der Waals surface area (Å²) in [5.41, 5.74) is 1.18. The van der Waals surface area contributed by atoms with Crippen LogP contribution < -0.4 is 0 Å². The molecule has 2 heteroatoms. The molecule has 0 saturated heterocycles. The smallest absolute Gasteiger partial charge is 0.219 e. The van der Waals surface area contributed by atoms with E-state index < -0.39 is 0 Å². The van der Waals surface area contributed by atoms with Crippen LogP contribution in [-0.2, 0) is 11.3 Å². The Morgan fingerprint density at radius 3 is 2.29 bits per heavy atom. The monoisotopic (exact) mass is 191 g/mol. The van der Waals surface area contributed by atoms with E-state index in [4.69, 9.17) is 0 Å². The molecule has 0 aliphatic heterocycles. The third-order valence-electron chi connectivity index (χ3n) is 2.22. The standard InChI is InChI=1S/C12H17NO/c1-10(2)13(11(3)14)9-12-7-5-4-6-8-12/h4-8,10H,9H2,1-3H3. The number of hydrogen-bond donors (Lipinski definition) is 0. The fraction of sp³-hybridized carbons (Fsp3) is 0.417. The van der Waals surface area contributed by atoms with Crippen molar-refractivity contribution in [1.82, 2.24) is 4.90 Å². The Balaban J connectivity index is 2.70. The molecule has 0 fully saturated rings. The van der Waals surface area contributed by atoms with Gasteiger partial charge in [0.25, 0.3) is 0 Å². The van der Waals surface area contributed by atoms with E-state index in [9.17, 15) is 4.79 Å². The molecule has 2 nitrogen and oxygen atoms in total. The minimum absolute atomic E-state index is 0.129. The second-order valence-electron chi connectivity index (χ2n) is 3.73. The molecule has 0 aliphatic rings. The molecule has 1 aromatic rings. The summed E-state index contributed by atoms with van der Waals surface area (Å²) in [4.78, 5) is 13.2. The van der Waals surface area contributed by atoms with Crippen molar-refractivity contribution in [3.63, 3.8) is 0 Å². The Labute approximate surface area is 85.5 Å². The van der Waals surface area contributed by atoms with Crippen molar-refractivity contribution >= 4 is 5.91 Å². The maximum absolute atomic E-state index is 11.3. The van der Waals surface area contributed by atoms with Gasteiger partial charge in [0.15, 0.2) is 0 Å². The Kier molecular flexibility index (Phi) is 3.69. The molecule has 0 radical (unpaired) electrons. The molecule has 0 heterocycles. The van der Waals surface area contributed by atoms with Gasteiger partial charge in [0.2, 0.25) is 5.91 Å². The Morgan fingerprint density at radius 1 is 1.29 bits per heavy atom. The first-order chi connectivity index (χ1) is 6.61. The summed E-state index contributed by atoms with van der Waals surface area (Å²) in [5.74, 6) is 0.129. The molecule has 0 bridgehead atoms. The second kappa shape index (κ2) is 4.80. The van der Waals surface area contributed by atoms with Gasteiger partial charge in [-0.15, -0.1) is 0 Å². The van der Waals surface area contributed by atoms with Gasteiger partial charge in [-0.25, -0.2) is 0 Å². The van der Waals surface area contributed by atoms with Crippen molar-refractivity contribution in [2.75, 3.05) is 0 Å². The number of hydrogen-bond acceptors (Lipinski definition) is 1. The van der Waals surface area contributed by atoms with Gasteiger partial charge in [-0.1, -0.05) is 30.3 Å². The van der Waals surface area contributed by atoms with Crippen LogP contribution in [0.25, 0.3) is 0 Å². The topological polar surface area (TPSA) is 20.3 Å². The Bertz CT molecular complexity index is 292. The van der Waals surface area contributed by atoms with E-state index in [2.05, 4.69) is 0 Å². The van der Waals surface area contributed by atoms with Crippen molar-refractivity contribution in [2.45, 2.75) is 33.4 Å². The molecule has 0 atom stereocenters. The lowest BCUT2D eigenvalue weighted by molar-refractivity contribution is -0.131. The number of amides is 1. The predicted molar refractivity (Wildman–Crippen MR) is 57.8 cm³/mol. The lowest BCUT2D eigenvalue weighted by atomic mass is 10.2. The average Bonchev–Trinajstić information content (AvgIpc) is 2.15. The lowest BCUT2D eigenvalue weighted by Crippen LogP contribution is -2.34. The zero-order valence-corrected chi connectivity index (χ0v) is 9.03. The van der Waals surface area contributed by atoms with E-state index in [0.717, 1.165) is 0 Å². The van der Waals surface area contributed by atoms with Gasteiger partial charge in [0.1, 0.15) is 0 Å². The summed E-state index contributed by atoms with van der Waals surface area (Å²) in [5, 5.41) is 0. The fourth-order valence-electron chi connectivity index (χ4n) is 1.44. The average molecular weight is 191 g/mol. The SMILES string of the molecule is CC(=O)N(Cc1ccccc1)C(C)C. The summed E-state index contributed by atoms with van der Waals surface area (Å²) >= 11 is 0. The number of carbonyl (C=O) groups excluding carboxylic acids is 1. The van der Waals surface area contributed by atoms with Crippen LogP contribution in [0.4, 0.5) is 0 Å². The van der Waals surface area contributed by atoms with E-state index in [1.165, 1.54) is 5.56 Å². The molecule has 0 N–H and O–H groups in total. The van der Waals surface area contributed by atoms with Crippen LogP contribution in [0.5, 0.6) is 0 Å². The van der Waals surface area contributed by atoms with E-state index in [1.54, 1.807) is 6.92 Å². The van der Waals surface area contributed by atoms with Crippen molar-refractivity contribution in [1.29, 1.82) is 0 Å². The van der Waals surface area contributed by atoms with Crippen LogP contribution >= 0.6 is 0 Å². The quantitative estimate of drug-likeness (QED) is 0.718. The van der Waals surface area contributed by atoms with Crippen LogP contribution in [0.15, 0.2) is 30.3 Å². The summed E-state index contributed by atoms with van der Waals surface area (Å²) in [6.45, 7) is 6.38. The Morgan fingerprint density at radius 2 is 1.86 bits per heavy atom. The highest BCUT2D eigenvalue weighted by Crippen LogP contribution is 2.07. The third-order valence-corrected chi connectivity index (χ3v) is 2.22. The molecule has 0 unspecified atom stereocenters. The number of rotatable bonds is 3. The largest absolute Gasteiger partial charge is 0.336 e. The number of nitrogens with zero attached hydrogens (tertiary/aromatic N) is 1. The first kappa shape index (κ1) is 10.8. The van der Waals surface area contributed by atoms with Crippen LogP contribution in [-0.4, -0.2) is 16.8 Å². The van der Waals surface area contributed by atoms with Crippen LogP contribution in [0.1, 0.15) is 26.3 Å². The maximum atomic E-state index is 11.3. The van der Waals surface area contributed by atoms with Crippen molar-refractivity contribution in [2.24, 2.45) is 0 Å². The lowest BCUT2D eigenvalue weighted by Gasteiger charge is -2.25. The summed E-state index contributed by atoms with van der Waals surface area (Å²) in [7, 11) is 0. The highest BCUT2D eigenvalue weighted by atomic mass is 16.2. The normalized spacial score (nSPS) is 10.3. The predicted octanol–water partition coefficient (Wildman–Crippen LogP) is 2.44. The molecule has 0 aromatic heterocycles. The minimum atomic E-state index is 0.129. The number of carbonyl (C=O) groups is 1. The van der Waals surface area contributed by atoms with E-state index >= 15 is 0 Å². The zero-order valence-electron chi connectivity index (χ0n) is 9.03. The molecule has 1 amide bonds. The molecule has 14 heavy (non-hydrogen) atoms. The van der Waals surface area contributed by atoms with Gasteiger partial charge in [-0.05, 0) is 19.4 Å².